The molecule has 0 atom stereocenters. The number of nitrogens with zero attached hydrogens (tertiary/aromatic N) is 3. The van der Waals surface area contributed by atoms with Crippen LogP contribution in [0.5, 0.6) is 0 Å². The van der Waals surface area contributed by atoms with Crippen LogP contribution in [0.25, 0.3) is 11.3 Å². The summed E-state index contributed by atoms with van der Waals surface area (Å²) in [4.78, 5) is 8.36. The number of aryl methyl sites for hydroxylation is 1. The predicted molar refractivity (Wildman–Crippen MR) is 60.2 cm³/mol. The second kappa shape index (κ2) is 4.13. The van der Waals surface area contributed by atoms with E-state index in [0.717, 1.165) is 24.2 Å². The highest BCUT2D eigenvalue weighted by Crippen LogP contribution is 2.22. The van der Waals surface area contributed by atoms with Gasteiger partial charge in [-0.3, -0.25) is 4.98 Å². The Morgan fingerprint density at radius 2 is 2.33 bits per heavy atom. The minimum atomic E-state index is 0.713. The van der Waals surface area contributed by atoms with Gasteiger partial charge in [-0.1, -0.05) is 6.92 Å². The minimum absolute atomic E-state index is 0.713. The van der Waals surface area contributed by atoms with Crippen LogP contribution in [0.3, 0.4) is 0 Å². The van der Waals surface area contributed by atoms with Gasteiger partial charge in [0.1, 0.15) is 11.5 Å². The molecule has 0 amide bonds. The van der Waals surface area contributed by atoms with Crippen molar-refractivity contribution in [2.75, 3.05) is 5.73 Å². The van der Waals surface area contributed by atoms with E-state index in [1.807, 2.05) is 16.7 Å². The molecule has 0 saturated heterocycles. The summed E-state index contributed by atoms with van der Waals surface area (Å²) >= 11 is 0. The van der Waals surface area contributed by atoms with Gasteiger partial charge in [-0.2, -0.15) is 0 Å². The van der Waals surface area contributed by atoms with Crippen molar-refractivity contribution in [2.24, 2.45) is 0 Å². The Bertz CT molecular complexity index is 433. The van der Waals surface area contributed by atoms with Gasteiger partial charge >= 0.3 is 0 Å². The monoisotopic (exact) mass is 202 g/mol. The van der Waals surface area contributed by atoms with Crippen molar-refractivity contribution in [3.05, 3.63) is 30.9 Å². The molecule has 2 N–H and O–H groups in total. The SMILES string of the molecule is CCCn1cnc(-c2cccnc2)c1N. The molecule has 0 saturated carbocycles. The molecule has 2 heterocycles. The van der Waals surface area contributed by atoms with Gasteiger partial charge in [-0.05, 0) is 18.6 Å². The van der Waals surface area contributed by atoms with Crippen molar-refractivity contribution in [3.63, 3.8) is 0 Å². The molecule has 4 heteroatoms. The summed E-state index contributed by atoms with van der Waals surface area (Å²) in [6.07, 6.45) is 6.34. The summed E-state index contributed by atoms with van der Waals surface area (Å²) in [5.41, 5.74) is 7.77. The fraction of sp³-hybridized carbons (Fsp3) is 0.273. The molecule has 0 fully saturated rings. The van der Waals surface area contributed by atoms with Gasteiger partial charge in [0.05, 0.1) is 6.33 Å². The third kappa shape index (κ3) is 1.83. The molecule has 0 aliphatic carbocycles. The second-order valence-corrected chi connectivity index (χ2v) is 3.41. The van der Waals surface area contributed by atoms with Gasteiger partial charge in [0.15, 0.2) is 0 Å². The molecule has 0 radical (unpaired) electrons. The van der Waals surface area contributed by atoms with Crippen LogP contribution in [0.15, 0.2) is 30.9 Å². The van der Waals surface area contributed by atoms with Gasteiger partial charge in [-0.15, -0.1) is 0 Å². The Hall–Kier alpha value is -1.84. The maximum Gasteiger partial charge on any atom is 0.131 e. The Kier molecular flexibility index (Phi) is 2.67. The largest absolute Gasteiger partial charge is 0.383 e. The molecule has 78 valence electrons. The summed E-state index contributed by atoms with van der Waals surface area (Å²) in [6, 6.07) is 3.84. The highest BCUT2D eigenvalue weighted by atomic mass is 15.1. The lowest BCUT2D eigenvalue weighted by molar-refractivity contribution is 0.686. The first-order valence-corrected chi connectivity index (χ1v) is 5.04. The van der Waals surface area contributed by atoms with Crippen molar-refractivity contribution in [3.8, 4) is 11.3 Å². The van der Waals surface area contributed by atoms with Gasteiger partial charge in [0, 0.05) is 24.5 Å². The summed E-state index contributed by atoms with van der Waals surface area (Å²) < 4.78 is 1.96. The smallest absolute Gasteiger partial charge is 0.131 e. The van der Waals surface area contributed by atoms with Crippen molar-refractivity contribution in [1.82, 2.24) is 14.5 Å². The molecule has 2 rings (SSSR count). The first kappa shape index (κ1) is 9.71. The standard InChI is InChI=1S/C11H14N4/c1-2-6-15-8-14-10(11(15)12)9-4-3-5-13-7-9/h3-5,7-8H,2,6,12H2,1H3. The van der Waals surface area contributed by atoms with Crippen molar-refractivity contribution in [2.45, 2.75) is 19.9 Å². The summed E-state index contributed by atoms with van der Waals surface area (Å²) in [5.74, 6) is 0.713. The van der Waals surface area contributed by atoms with Gasteiger partial charge < -0.3 is 10.3 Å². The van der Waals surface area contributed by atoms with Crippen LogP contribution in [0, 0.1) is 0 Å². The first-order valence-electron chi connectivity index (χ1n) is 5.04. The summed E-state index contributed by atoms with van der Waals surface area (Å²) in [5, 5.41) is 0. The number of imidazole rings is 1. The van der Waals surface area contributed by atoms with E-state index in [2.05, 4.69) is 16.9 Å². The first-order chi connectivity index (χ1) is 7.33. The van der Waals surface area contributed by atoms with Crippen LogP contribution >= 0.6 is 0 Å². The predicted octanol–water partition coefficient (Wildman–Crippen LogP) is 1.94. The highest BCUT2D eigenvalue weighted by Gasteiger charge is 2.08. The Labute approximate surface area is 88.8 Å². The Morgan fingerprint density at radius 1 is 1.47 bits per heavy atom. The molecule has 4 nitrogen and oxygen atoms in total. The zero-order valence-corrected chi connectivity index (χ0v) is 8.72. The van der Waals surface area contributed by atoms with E-state index in [-0.39, 0.29) is 0 Å². The lowest BCUT2D eigenvalue weighted by atomic mass is 10.2. The molecule has 0 bridgehead atoms. The molecule has 0 aliphatic heterocycles. The lowest BCUT2D eigenvalue weighted by Crippen LogP contribution is -2.01. The number of nitrogens with two attached hydrogens (primary N) is 1. The topological polar surface area (TPSA) is 56.7 Å². The second-order valence-electron chi connectivity index (χ2n) is 3.41. The van der Waals surface area contributed by atoms with Crippen LogP contribution in [-0.4, -0.2) is 14.5 Å². The molecular formula is C11H14N4. The number of aromatic nitrogens is 3. The number of rotatable bonds is 3. The number of hydrogen-bond acceptors (Lipinski definition) is 3. The number of anilines is 1. The quantitative estimate of drug-likeness (QED) is 0.827. The van der Waals surface area contributed by atoms with E-state index in [1.165, 1.54) is 0 Å². The average Bonchev–Trinajstić information content (AvgIpc) is 2.63. The summed E-state index contributed by atoms with van der Waals surface area (Å²) in [6.45, 7) is 3.02. The molecule has 0 aromatic carbocycles. The lowest BCUT2D eigenvalue weighted by Gasteiger charge is -2.03. The van der Waals surface area contributed by atoms with E-state index in [1.54, 1.807) is 18.7 Å². The molecule has 2 aromatic heterocycles. The van der Waals surface area contributed by atoms with Crippen molar-refractivity contribution in [1.29, 1.82) is 0 Å². The van der Waals surface area contributed by atoms with Gasteiger partial charge in [-0.25, -0.2) is 4.98 Å². The number of nitrogen functional groups attached to an aromatic ring is 1. The Balaban J connectivity index is 2.38. The van der Waals surface area contributed by atoms with Crippen LogP contribution < -0.4 is 5.73 Å². The van der Waals surface area contributed by atoms with E-state index in [9.17, 15) is 0 Å². The minimum Gasteiger partial charge on any atom is -0.383 e. The number of pyridine rings is 1. The van der Waals surface area contributed by atoms with Crippen LogP contribution in [0.2, 0.25) is 0 Å². The van der Waals surface area contributed by atoms with E-state index in [0.29, 0.717) is 5.82 Å². The third-order valence-electron chi connectivity index (χ3n) is 2.28. The van der Waals surface area contributed by atoms with Crippen molar-refractivity contribution >= 4 is 5.82 Å². The Morgan fingerprint density at radius 3 is 3.00 bits per heavy atom. The molecule has 0 unspecified atom stereocenters. The third-order valence-corrected chi connectivity index (χ3v) is 2.28. The van der Waals surface area contributed by atoms with E-state index in [4.69, 9.17) is 5.73 Å². The maximum atomic E-state index is 5.99. The zero-order chi connectivity index (χ0) is 10.7. The van der Waals surface area contributed by atoms with Gasteiger partial charge in [0.25, 0.3) is 0 Å². The normalized spacial score (nSPS) is 10.5. The fourth-order valence-electron chi connectivity index (χ4n) is 1.54. The fourth-order valence-corrected chi connectivity index (χ4v) is 1.54. The molecule has 0 spiro atoms. The number of hydrogen-bond donors (Lipinski definition) is 1. The van der Waals surface area contributed by atoms with E-state index < -0.39 is 0 Å². The van der Waals surface area contributed by atoms with E-state index >= 15 is 0 Å². The van der Waals surface area contributed by atoms with Gasteiger partial charge in [0.2, 0.25) is 0 Å². The average molecular weight is 202 g/mol. The zero-order valence-electron chi connectivity index (χ0n) is 8.72. The maximum absolute atomic E-state index is 5.99. The molecule has 15 heavy (non-hydrogen) atoms. The molecule has 2 aromatic rings. The van der Waals surface area contributed by atoms with Crippen LogP contribution in [0.1, 0.15) is 13.3 Å². The van der Waals surface area contributed by atoms with Crippen molar-refractivity contribution < 1.29 is 0 Å². The molecule has 0 aliphatic rings. The van der Waals surface area contributed by atoms with Crippen LogP contribution in [-0.2, 0) is 6.54 Å². The summed E-state index contributed by atoms with van der Waals surface area (Å²) in [7, 11) is 0. The van der Waals surface area contributed by atoms with Crippen LogP contribution in [0.4, 0.5) is 5.82 Å². The molecular weight excluding hydrogens is 188 g/mol. The highest BCUT2D eigenvalue weighted by molar-refractivity contribution is 5.69.